The Hall–Kier alpha value is -1.37. The molecule has 2 rings (SSSR count). The fourth-order valence-corrected chi connectivity index (χ4v) is 2.21. The molecule has 16 heavy (non-hydrogen) atoms. The Bertz CT molecular complexity index is 468. The summed E-state index contributed by atoms with van der Waals surface area (Å²) in [6, 6.07) is 6.01. The highest BCUT2D eigenvalue weighted by Crippen LogP contribution is 2.25. The Kier molecular flexibility index (Phi) is 3.23. The van der Waals surface area contributed by atoms with Crippen molar-refractivity contribution in [2.45, 2.75) is 13.0 Å². The van der Waals surface area contributed by atoms with Gasteiger partial charge in [0, 0.05) is 0 Å². The van der Waals surface area contributed by atoms with E-state index in [4.69, 9.17) is 5.84 Å². The molecule has 0 aliphatic heterocycles. The molecule has 0 saturated carbocycles. The molecule has 3 N–H and O–H groups in total. The van der Waals surface area contributed by atoms with Crippen LogP contribution in [-0.4, -0.2) is 9.59 Å². The highest BCUT2D eigenvalue weighted by molar-refractivity contribution is 7.05. The van der Waals surface area contributed by atoms with Gasteiger partial charge >= 0.3 is 0 Å². The molecule has 0 amide bonds. The third kappa shape index (κ3) is 2.08. The van der Waals surface area contributed by atoms with Crippen molar-refractivity contribution in [3.05, 3.63) is 46.2 Å². The molecule has 1 aromatic carbocycles. The average Bonchev–Trinajstić information content (AvgIpc) is 2.69. The molecule has 2 aromatic rings. The third-order valence-corrected chi connectivity index (χ3v) is 3.21. The minimum Gasteiger partial charge on any atom is -0.271 e. The van der Waals surface area contributed by atoms with Gasteiger partial charge in [-0.1, -0.05) is 16.6 Å². The lowest BCUT2D eigenvalue weighted by molar-refractivity contribution is 0.617. The summed E-state index contributed by atoms with van der Waals surface area (Å²) in [5.74, 6) is 5.25. The van der Waals surface area contributed by atoms with Crippen LogP contribution >= 0.6 is 11.5 Å². The SMILES string of the molecule is Cc1nnsc1C(NN)c1ccc(F)cc1. The second kappa shape index (κ2) is 4.65. The third-order valence-electron chi connectivity index (χ3n) is 2.32. The number of nitrogens with one attached hydrogen (secondary N) is 1. The van der Waals surface area contributed by atoms with E-state index in [0.717, 1.165) is 16.1 Å². The van der Waals surface area contributed by atoms with E-state index in [1.807, 2.05) is 6.92 Å². The first-order valence-electron chi connectivity index (χ1n) is 4.73. The Morgan fingerprint density at radius 3 is 2.56 bits per heavy atom. The van der Waals surface area contributed by atoms with E-state index in [9.17, 15) is 4.39 Å². The van der Waals surface area contributed by atoms with Crippen LogP contribution in [0.2, 0.25) is 0 Å². The summed E-state index contributed by atoms with van der Waals surface area (Å²) in [5.41, 5.74) is 4.41. The van der Waals surface area contributed by atoms with Gasteiger partial charge in [0.25, 0.3) is 0 Å². The minimum absolute atomic E-state index is 0.194. The molecule has 0 aliphatic rings. The minimum atomic E-state index is -0.265. The molecule has 0 radical (unpaired) electrons. The number of benzene rings is 1. The predicted octanol–water partition coefficient (Wildman–Crippen LogP) is 1.54. The van der Waals surface area contributed by atoms with Crippen molar-refractivity contribution < 1.29 is 4.39 Å². The van der Waals surface area contributed by atoms with E-state index in [2.05, 4.69) is 15.0 Å². The first-order chi connectivity index (χ1) is 7.72. The summed E-state index contributed by atoms with van der Waals surface area (Å²) in [4.78, 5) is 0.939. The first-order valence-corrected chi connectivity index (χ1v) is 5.50. The van der Waals surface area contributed by atoms with Crippen LogP contribution < -0.4 is 11.3 Å². The normalized spacial score (nSPS) is 12.7. The standard InChI is InChI=1S/C10H11FN4S/c1-6-10(16-15-14-6)9(13-12)7-2-4-8(11)5-3-7/h2-5,9,13H,12H2,1H3. The summed E-state index contributed by atoms with van der Waals surface area (Å²) in [6.45, 7) is 1.87. The van der Waals surface area contributed by atoms with E-state index in [1.54, 1.807) is 12.1 Å². The number of halogens is 1. The second-order valence-electron chi connectivity index (χ2n) is 3.37. The van der Waals surface area contributed by atoms with Crippen molar-refractivity contribution in [1.29, 1.82) is 0 Å². The zero-order valence-corrected chi connectivity index (χ0v) is 9.46. The first kappa shape index (κ1) is 11.1. The van der Waals surface area contributed by atoms with E-state index >= 15 is 0 Å². The fraction of sp³-hybridized carbons (Fsp3) is 0.200. The van der Waals surface area contributed by atoms with Crippen molar-refractivity contribution >= 4 is 11.5 Å². The van der Waals surface area contributed by atoms with Crippen LogP contribution in [0.3, 0.4) is 0 Å². The Morgan fingerprint density at radius 2 is 2.06 bits per heavy atom. The van der Waals surface area contributed by atoms with Gasteiger partial charge in [0.1, 0.15) is 5.82 Å². The van der Waals surface area contributed by atoms with E-state index in [0.29, 0.717) is 0 Å². The van der Waals surface area contributed by atoms with Gasteiger partial charge in [-0.25, -0.2) is 9.82 Å². The molecule has 6 heteroatoms. The lowest BCUT2D eigenvalue weighted by Gasteiger charge is -2.14. The van der Waals surface area contributed by atoms with Crippen LogP contribution in [0.5, 0.6) is 0 Å². The second-order valence-corrected chi connectivity index (χ2v) is 4.16. The highest BCUT2D eigenvalue weighted by atomic mass is 32.1. The largest absolute Gasteiger partial charge is 0.271 e. The van der Waals surface area contributed by atoms with Crippen LogP contribution in [0.1, 0.15) is 22.2 Å². The summed E-state index contributed by atoms with van der Waals surface area (Å²) < 4.78 is 16.7. The van der Waals surface area contributed by atoms with Gasteiger partial charge < -0.3 is 0 Å². The van der Waals surface area contributed by atoms with Crippen LogP contribution in [-0.2, 0) is 0 Å². The van der Waals surface area contributed by atoms with Crippen molar-refractivity contribution in [2.75, 3.05) is 0 Å². The van der Waals surface area contributed by atoms with Gasteiger partial charge in [0.2, 0.25) is 0 Å². The number of aromatic nitrogens is 2. The van der Waals surface area contributed by atoms with Gasteiger partial charge in [0.05, 0.1) is 16.6 Å². The van der Waals surface area contributed by atoms with Crippen molar-refractivity contribution in [3.63, 3.8) is 0 Å². The van der Waals surface area contributed by atoms with Gasteiger partial charge in [0.15, 0.2) is 0 Å². The number of hydrazine groups is 1. The number of aryl methyl sites for hydroxylation is 1. The topological polar surface area (TPSA) is 63.8 Å². The average molecular weight is 238 g/mol. The van der Waals surface area contributed by atoms with Gasteiger partial charge in [-0.15, -0.1) is 5.10 Å². The predicted molar refractivity (Wildman–Crippen MR) is 60.2 cm³/mol. The summed E-state index contributed by atoms with van der Waals surface area (Å²) in [5, 5.41) is 3.93. The fourth-order valence-electron chi connectivity index (χ4n) is 1.48. The smallest absolute Gasteiger partial charge is 0.123 e. The quantitative estimate of drug-likeness (QED) is 0.629. The zero-order chi connectivity index (χ0) is 11.5. The molecular weight excluding hydrogens is 227 g/mol. The molecule has 1 atom stereocenters. The van der Waals surface area contributed by atoms with Gasteiger partial charge in [-0.05, 0) is 36.2 Å². The molecule has 0 saturated heterocycles. The van der Waals surface area contributed by atoms with Gasteiger partial charge in [-0.3, -0.25) is 5.84 Å². The number of hydrogen-bond donors (Lipinski definition) is 2. The molecule has 1 unspecified atom stereocenters. The lowest BCUT2D eigenvalue weighted by atomic mass is 10.1. The molecule has 0 aliphatic carbocycles. The van der Waals surface area contributed by atoms with Crippen LogP contribution in [0.4, 0.5) is 4.39 Å². The van der Waals surface area contributed by atoms with Crippen molar-refractivity contribution in [2.24, 2.45) is 5.84 Å². The maximum atomic E-state index is 12.8. The Morgan fingerprint density at radius 1 is 1.38 bits per heavy atom. The molecule has 0 bridgehead atoms. The van der Waals surface area contributed by atoms with Crippen LogP contribution in [0.15, 0.2) is 24.3 Å². The van der Waals surface area contributed by atoms with E-state index in [1.165, 1.54) is 23.7 Å². The maximum Gasteiger partial charge on any atom is 0.123 e. The Labute approximate surface area is 96.4 Å². The number of nitrogens with two attached hydrogens (primary N) is 1. The van der Waals surface area contributed by atoms with Crippen molar-refractivity contribution in [1.82, 2.24) is 15.0 Å². The van der Waals surface area contributed by atoms with Gasteiger partial charge in [-0.2, -0.15) is 0 Å². The molecule has 1 heterocycles. The van der Waals surface area contributed by atoms with Crippen LogP contribution in [0.25, 0.3) is 0 Å². The molecule has 0 spiro atoms. The molecule has 84 valence electrons. The lowest BCUT2D eigenvalue weighted by Crippen LogP contribution is -2.28. The maximum absolute atomic E-state index is 12.8. The molecule has 1 aromatic heterocycles. The molecule has 0 fully saturated rings. The number of rotatable bonds is 3. The summed E-state index contributed by atoms with van der Waals surface area (Å²) in [7, 11) is 0. The molecular formula is C10H11FN4S. The van der Waals surface area contributed by atoms with Crippen molar-refractivity contribution in [3.8, 4) is 0 Å². The number of hydrogen-bond acceptors (Lipinski definition) is 5. The summed E-state index contributed by atoms with van der Waals surface area (Å²) in [6.07, 6.45) is 0. The molecule has 4 nitrogen and oxygen atoms in total. The zero-order valence-electron chi connectivity index (χ0n) is 8.64. The van der Waals surface area contributed by atoms with E-state index < -0.39 is 0 Å². The Balaban J connectivity index is 2.37. The van der Waals surface area contributed by atoms with Crippen LogP contribution in [0, 0.1) is 12.7 Å². The number of nitrogens with zero attached hydrogens (tertiary/aromatic N) is 2. The van der Waals surface area contributed by atoms with E-state index in [-0.39, 0.29) is 11.9 Å². The highest BCUT2D eigenvalue weighted by Gasteiger charge is 2.17. The monoisotopic (exact) mass is 238 g/mol. The summed E-state index contributed by atoms with van der Waals surface area (Å²) >= 11 is 1.28.